The highest BCUT2D eigenvalue weighted by atomic mass is 35.5. The van der Waals surface area contributed by atoms with Crippen molar-refractivity contribution in [2.75, 3.05) is 13.6 Å². The van der Waals surface area contributed by atoms with E-state index in [1.807, 2.05) is 47.9 Å². The molecule has 3 aromatic rings. The van der Waals surface area contributed by atoms with Crippen LogP contribution < -0.4 is 21.8 Å². The number of hydrogen-bond donors (Lipinski definition) is 3. The maximum atomic E-state index is 10.7. The smallest absolute Gasteiger partial charge is 0.265 e. The molecule has 4 rings (SSSR count). The lowest BCUT2D eigenvalue weighted by Gasteiger charge is -2.19. The number of hydroxylamine groups is 2. The van der Waals surface area contributed by atoms with Crippen LogP contribution >= 0.6 is 24.0 Å². The molecular formula is C22H22Cl2N6O2. The van der Waals surface area contributed by atoms with Crippen LogP contribution in [0.3, 0.4) is 0 Å². The van der Waals surface area contributed by atoms with Gasteiger partial charge in [0.1, 0.15) is 12.4 Å². The number of fused-ring (bicyclic) bond motifs is 1. The van der Waals surface area contributed by atoms with Crippen LogP contribution in [-0.2, 0) is 0 Å². The van der Waals surface area contributed by atoms with Crippen LogP contribution in [0.25, 0.3) is 5.70 Å². The largest absolute Gasteiger partial charge is 0.290 e. The Bertz CT molecular complexity index is 1200. The number of benzene rings is 2. The van der Waals surface area contributed by atoms with Crippen molar-refractivity contribution in [2.24, 2.45) is 15.8 Å². The van der Waals surface area contributed by atoms with Gasteiger partial charge in [-0.1, -0.05) is 41.9 Å². The zero-order valence-corrected chi connectivity index (χ0v) is 18.7. The summed E-state index contributed by atoms with van der Waals surface area (Å²) in [6.07, 6.45) is 3.06. The zero-order chi connectivity index (χ0) is 22.2. The Labute approximate surface area is 196 Å². The summed E-state index contributed by atoms with van der Waals surface area (Å²) in [6, 6.07) is 18.3. The number of amidine groups is 1. The molecular weight excluding hydrogens is 451 g/mol. The molecule has 2 aromatic carbocycles. The van der Waals surface area contributed by atoms with E-state index in [9.17, 15) is 10.0 Å². The lowest BCUT2D eigenvalue weighted by molar-refractivity contribution is -0.0119. The van der Waals surface area contributed by atoms with E-state index in [0.717, 1.165) is 16.1 Å². The molecule has 0 fully saturated rings. The summed E-state index contributed by atoms with van der Waals surface area (Å²) >= 11 is 6.12. The molecule has 0 bridgehead atoms. The highest BCUT2D eigenvalue weighted by Gasteiger charge is 2.17. The van der Waals surface area contributed by atoms with E-state index in [1.54, 1.807) is 25.2 Å². The summed E-state index contributed by atoms with van der Waals surface area (Å²) in [4.78, 5) is 23.1. The lowest BCUT2D eigenvalue weighted by atomic mass is 10.1. The number of nitrogens with one attached hydrogen (secondary N) is 1. The first kappa shape index (κ1) is 25.0. The number of aromatic nitrogens is 1. The van der Waals surface area contributed by atoms with Crippen LogP contribution in [0.2, 0.25) is 5.02 Å². The van der Waals surface area contributed by atoms with Gasteiger partial charge in [-0.05, 0) is 30.3 Å². The van der Waals surface area contributed by atoms with Gasteiger partial charge in [-0.3, -0.25) is 25.4 Å². The first-order valence-electron chi connectivity index (χ1n) is 9.30. The number of amides is 1. The maximum absolute atomic E-state index is 10.7. The van der Waals surface area contributed by atoms with Gasteiger partial charge in [0.25, 0.3) is 5.91 Å². The van der Waals surface area contributed by atoms with Gasteiger partial charge in [0.2, 0.25) is 0 Å². The monoisotopic (exact) mass is 472 g/mol. The molecule has 32 heavy (non-hydrogen) atoms. The summed E-state index contributed by atoms with van der Waals surface area (Å²) in [5, 5.41) is 13.8. The van der Waals surface area contributed by atoms with E-state index in [-0.39, 0.29) is 24.9 Å². The number of rotatable bonds is 2. The van der Waals surface area contributed by atoms with Crippen molar-refractivity contribution in [1.29, 1.82) is 0 Å². The Morgan fingerprint density at radius 2 is 1.84 bits per heavy atom. The van der Waals surface area contributed by atoms with E-state index in [4.69, 9.17) is 17.4 Å². The number of nitrogen functional groups attached to an aromatic ring is 1. The molecule has 10 heteroatoms. The molecule has 4 N–H and O–H groups in total. The number of nitrogens with zero attached hydrogens (tertiary/aromatic N) is 4. The van der Waals surface area contributed by atoms with Crippen LogP contribution in [0.1, 0.15) is 15.9 Å². The van der Waals surface area contributed by atoms with Crippen LogP contribution in [-0.4, -0.2) is 40.6 Å². The van der Waals surface area contributed by atoms with Crippen molar-refractivity contribution in [3.8, 4) is 0 Å². The SMILES string of the molecule is CN=C1CN(O)C(c2ccccc2)=c2cc(Cl)ccc2=N1.Cl.NNC(=O)c1ccncc1. The van der Waals surface area contributed by atoms with Crippen molar-refractivity contribution in [3.63, 3.8) is 0 Å². The molecule has 1 aliphatic rings. The number of carbonyl (C=O) groups excluding carboxylic acids is 1. The van der Waals surface area contributed by atoms with Crippen LogP contribution in [0.5, 0.6) is 0 Å². The van der Waals surface area contributed by atoms with Gasteiger partial charge in [0.15, 0.2) is 0 Å². The van der Waals surface area contributed by atoms with Crippen LogP contribution in [0, 0.1) is 0 Å². The first-order valence-corrected chi connectivity index (χ1v) is 9.68. The number of pyridine rings is 1. The Hall–Kier alpha value is -3.30. The molecule has 2 heterocycles. The quantitative estimate of drug-likeness (QED) is 0.299. The average molecular weight is 473 g/mol. The van der Waals surface area contributed by atoms with E-state index in [0.29, 0.717) is 22.1 Å². The summed E-state index contributed by atoms with van der Waals surface area (Å²) in [5.41, 5.74) is 4.10. The van der Waals surface area contributed by atoms with Gasteiger partial charge in [0.05, 0.1) is 11.1 Å². The van der Waals surface area contributed by atoms with E-state index in [1.165, 1.54) is 17.5 Å². The minimum atomic E-state index is -0.303. The molecule has 0 saturated carbocycles. The maximum Gasteiger partial charge on any atom is 0.265 e. The first-order chi connectivity index (χ1) is 15.0. The number of carbonyl (C=O) groups is 1. The summed E-state index contributed by atoms with van der Waals surface area (Å²) < 4.78 is 0. The number of nitrogens with two attached hydrogens (primary N) is 1. The van der Waals surface area contributed by atoms with Crippen molar-refractivity contribution < 1.29 is 10.0 Å². The third-order valence-corrected chi connectivity index (χ3v) is 4.63. The molecule has 0 atom stereocenters. The van der Waals surface area contributed by atoms with Gasteiger partial charge in [0, 0.05) is 40.8 Å². The molecule has 0 saturated heterocycles. The van der Waals surface area contributed by atoms with Gasteiger partial charge in [-0.2, -0.15) is 0 Å². The minimum Gasteiger partial charge on any atom is -0.290 e. The standard InChI is InChI=1S/C16H14ClN3O.C6H7N3O.ClH/c1-18-15-10-20(21)16(11-5-3-2-4-6-11)13-9-12(17)7-8-14(13)19-15;7-9-6(10)5-1-3-8-4-2-5;/h2-9,21H,10H2,1H3;1-4H,7H2,(H,9,10);1H. The molecule has 1 aromatic heterocycles. The fraction of sp³-hybridized carbons (Fsp3) is 0.0909. The molecule has 0 unspecified atom stereocenters. The van der Waals surface area contributed by atoms with E-state index >= 15 is 0 Å². The fourth-order valence-electron chi connectivity index (χ4n) is 2.93. The third-order valence-electron chi connectivity index (χ3n) is 4.39. The second-order valence-corrected chi connectivity index (χ2v) is 6.83. The fourth-order valence-corrected chi connectivity index (χ4v) is 3.10. The summed E-state index contributed by atoms with van der Waals surface area (Å²) in [5.74, 6) is 5.14. The predicted molar refractivity (Wildman–Crippen MR) is 126 cm³/mol. The number of hydrazine groups is 1. The molecule has 0 spiro atoms. The zero-order valence-electron chi connectivity index (χ0n) is 17.1. The van der Waals surface area contributed by atoms with Gasteiger partial charge in [-0.15, -0.1) is 12.4 Å². The Morgan fingerprint density at radius 3 is 2.47 bits per heavy atom. The molecule has 1 aliphatic heterocycles. The van der Waals surface area contributed by atoms with Gasteiger partial charge in [-0.25, -0.2) is 15.9 Å². The predicted octanol–water partition coefficient (Wildman–Crippen LogP) is 1.96. The summed E-state index contributed by atoms with van der Waals surface area (Å²) in [7, 11) is 1.66. The Kier molecular flexibility index (Phi) is 9.30. The summed E-state index contributed by atoms with van der Waals surface area (Å²) in [6.45, 7) is 0.229. The molecule has 0 radical (unpaired) electrons. The second kappa shape index (κ2) is 11.9. The third kappa shape index (κ3) is 6.12. The second-order valence-electron chi connectivity index (χ2n) is 6.39. The molecule has 8 nitrogen and oxygen atoms in total. The van der Waals surface area contributed by atoms with E-state index in [2.05, 4.69) is 15.0 Å². The molecule has 166 valence electrons. The van der Waals surface area contributed by atoms with Crippen LogP contribution in [0.15, 0.2) is 83.0 Å². The molecule has 0 aliphatic carbocycles. The molecule has 1 amide bonds. The highest BCUT2D eigenvalue weighted by Crippen LogP contribution is 2.15. The van der Waals surface area contributed by atoms with Crippen LogP contribution in [0.4, 0.5) is 0 Å². The van der Waals surface area contributed by atoms with Crippen molar-refractivity contribution in [2.45, 2.75) is 0 Å². The average Bonchev–Trinajstić information content (AvgIpc) is 2.95. The topological polar surface area (TPSA) is 116 Å². The highest BCUT2D eigenvalue weighted by molar-refractivity contribution is 6.30. The van der Waals surface area contributed by atoms with Crippen molar-refractivity contribution in [1.82, 2.24) is 15.5 Å². The normalized spacial score (nSPS) is 13.6. The number of aliphatic imine (C=N–C) groups is 1. The van der Waals surface area contributed by atoms with Crippen molar-refractivity contribution >= 4 is 41.4 Å². The van der Waals surface area contributed by atoms with Gasteiger partial charge >= 0.3 is 0 Å². The van der Waals surface area contributed by atoms with E-state index < -0.39 is 0 Å². The Morgan fingerprint density at radius 1 is 1.16 bits per heavy atom. The number of hydrogen-bond acceptors (Lipinski definition) is 6. The minimum absolute atomic E-state index is 0. The lowest BCUT2D eigenvalue weighted by Crippen LogP contribution is -2.31. The van der Waals surface area contributed by atoms with Crippen molar-refractivity contribution in [3.05, 3.63) is 99.8 Å². The Balaban J connectivity index is 0.000000280. The number of halogens is 2. The van der Waals surface area contributed by atoms with Gasteiger partial charge < -0.3 is 0 Å².